The molecule has 0 atom stereocenters. The number of esters is 1. The summed E-state index contributed by atoms with van der Waals surface area (Å²) in [5.41, 5.74) is 0.00843. The molecular weight excluding hydrogens is 326 g/mol. The molecule has 3 nitrogen and oxygen atoms in total. The Labute approximate surface area is 123 Å². The fraction of sp³-hybridized carbons (Fsp3) is 0.143. The number of hydrogen-bond acceptors (Lipinski definition) is 4. The number of carbonyl (C=O) groups excluding carboxylic acids is 1. The van der Waals surface area contributed by atoms with Gasteiger partial charge in [0.05, 0.1) is 6.61 Å². The first-order chi connectivity index (χ1) is 9.17. The van der Waals surface area contributed by atoms with Gasteiger partial charge >= 0.3 is 5.97 Å². The summed E-state index contributed by atoms with van der Waals surface area (Å²) in [6.45, 7) is 1.97. The first-order valence-corrected chi connectivity index (χ1v) is 7.24. The van der Waals surface area contributed by atoms with Gasteiger partial charge in [-0.25, -0.2) is 4.79 Å². The van der Waals surface area contributed by atoms with Crippen LogP contribution in [0.4, 0.5) is 0 Å². The third-order valence-corrected chi connectivity index (χ3v) is 4.69. The summed E-state index contributed by atoms with van der Waals surface area (Å²) < 4.78 is 6.83. The van der Waals surface area contributed by atoms with E-state index < -0.39 is 5.97 Å². The minimum Gasteiger partial charge on any atom is -0.462 e. The summed E-state index contributed by atoms with van der Waals surface area (Å²) in [6.07, 6.45) is 1.56. The number of benzene rings is 1. The number of nitriles is 1. The van der Waals surface area contributed by atoms with E-state index in [9.17, 15) is 4.79 Å². The molecule has 1 aromatic heterocycles. The van der Waals surface area contributed by atoms with Crippen LogP contribution in [0.5, 0.6) is 0 Å². The third kappa shape index (κ3) is 2.86. The van der Waals surface area contributed by atoms with E-state index in [0.717, 1.165) is 19.4 Å². The summed E-state index contributed by atoms with van der Waals surface area (Å²) in [6, 6.07) is 9.77. The van der Waals surface area contributed by atoms with E-state index in [4.69, 9.17) is 10.00 Å². The number of ether oxygens (including phenoxy) is 1. The van der Waals surface area contributed by atoms with Crippen molar-refractivity contribution in [3.8, 4) is 6.07 Å². The Hall–Kier alpha value is -1.64. The zero-order chi connectivity index (χ0) is 13.8. The Balaban J connectivity index is 2.47. The van der Waals surface area contributed by atoms with E-state index in [1.54, 1.807) is 13.0 Å². The number of halogens is 1. The molecule has 0 saturated heterocycles. The molecule has 1 heterocycles. The van der Waals surface area contributed by atoms with Gasteiger partial charge in [0, 0.05) is 19.4 Å². The van der Waals surface area contributed by atoms with Crippen LogP contribution in [0.25, 0.3) is 16.2 Å². The minimum absolute atomic E-state index is 0.00843. The van der Waals surface area contributed by atoms with Gasteiger partial charge in [-0.3, -0.25) is 0 Å². The summed E-state index contributed by atoms with van der Waals surface area (Å²) in [4.78, 5) is 12.4. The number of rotatable bonds is 3. The van der Waals surface area contributed by atoms with Crippen LogP contribution in [0.3, 0.4) is 0 Å². The van der Waals surface area contributed by atoms with Gasteiger partial charge in [-0.05, 0) is 35.0 Å². The molecular formula is C14H10BrNO2S. The highest BCUT2D eigenvalue weighted by atomic mass is 79.9. The fourth-order valence-electron chi connectivity index (χ4n) is 1.60. The summed E-state index contributed by atoms with van der Waals surface area (Å²) in [5, 5.41) is 10.1. The SMILES string of the molecule is CCOC(=O)/C(C#N)=C/c1sc2ccccc2c1Br. The van der Waals surface area contributed by atoms with Gasteiger partial charge in [0.2, 0.25) is 0 Å². The highest BCUT2D eigenvalue weighted by Crippen LogP contribution is 2.36. The van der Waals surface area contributed by atoms with Crippen LogP contribution in [-0.2, 0) is 9.53 Å². The van der Waals surface area contributed by atoms with Crippen molar-refractivity contribution in [2.45, 2.75) is 6.92 Å². The molecule has 0 bridgehead atoms. The third-order valence-electron chi connectivity index (χ3n) is 2.45. The maximum Gasteiger partial charge on any atom is 0.348 e. The van der Waals surface area contributed by atoms with Crippen LogP contribution >= 0.6 is 27.3 Å². The maximum atomic E-state index is 11.6. The molecule has 0 spiro atoms. The Morgan fingerprint density at radius 2 is 2.26 bits per heavy atom. The van der Waals surface area contributed by atoms with E-state index in [1.165, 1.54) is 11.3 Å². The second-order valence-corrected chi connectivity index (χ2v) is 5.54. The number of hydrogen-bond donors (Lipinski definition) is 0. The normalized spacial score (nSPS) is 11.3. The van der Waals surface area contributed by atoms with Gasteiger partial charge in [-0.15, -0.1) is 11.3 Å². The molecule has 2 rings (SSSR count). The van der Waals surface area contributed by atoms with Crippen molar-refractivity contribution in [1.29, 1.82) is 5.26 Å². The van der Waals surface area contributed by atoms with Crippen molar-refractivity contribution < 1.29 is 9.53 Å². The predicted octanol–water partition coefficient (Wildman–Crippen LogP) is 4.13. The van der Waals surface area contributed by atoms with Crippen LogP contribution in [-0.4, -0.2) is 12.6 Å². The fourth-order valence-corrected chi connectivity index (χ4v) is 3.48. The average Bonchev–Trinajstić information content (AvgIpc) is 2.73. The molecule has 5 heteroatoms. The van der Waals surface area contributed by atoms with Crippen LogP contribution in [0, 0.1) is 11.3 Å². The van der Waals surface area contributed by atoms with Crippen molar-refractivity contribution in [1.82, 2.24) is 0 Å². The van der Waals surface area contributed by atoms with Gasteiger partial charge in [0.15, 0.2) is 0 Å². The first kappa shape index (κ1) is 13.8. The molecule has 2 aromatic rings. The smallest absolute Gasteiger partial charge is 0.348 e. The predicted molar refractivity (Wildman–Crippen MR) is 79.7 cm³/mol. The molecule has 0 aliphatic carbocycles. The monoisotopic (exact) mass is 335 g/mol. The number of thiophene rings is 1. The molecule has 1 aromatic carbocycles. The van der Waals surface area contributed by atoms with Crippen LogP contribution in [0.15, 0.2) is 34.3 Å². The highest BCUT2D eigenvalue weighted by molar-refractivity contribution is 9.10. The van der Waals surface area contributed by atoms with Gasteiger partial charge in [0.25, 0.3) is 0 Å². The highest BCUT2D eigenvalue weighted by Gasteiger charge is 2.13. The Bertz CT molecular complexity index is 697. The van der Waals surface area contributed by atoms with Crippen LogP contribution < -0.4 is 0 Å². The van der Waals surface area contributed by atoms with E-state index in [1.807, 2.05) is 30.3 Å². The number of nitrogens with zero attached hydrogens (tertiary/aromatic N) is 1. The lowest BCUT2D eigenvalue weighted by atomic mass is 10.2. The zero-order valence-electron chi connectivity index (χ0n) is 10.1. The van der Waals surface area contributed by atoms with E-state index in [0.29, 0.717) is 0 Å². The quantitative estimate of drug-likeness (QED) is 0.481. The Morgan fingerprint density at radius 1 is 1.53 bits per heavy atom. The van der Waals surface area contributed by atoms with Crippen molar-refractivity contribution in [2.75, 3.05) is 6.61 Å². The van der Waals surface area contributed by atoms with Crippen molar-refractivity contribution in [3.05, 3.63) is 39.2 Å². The molecule has 0 unspecified atom stereocenters. The largest absolute Gasteiger partial charge is 0.462 e. The van der Waals surface area contributed by atoms with E-state index in [2.05, 4.69) is 15.9 Å². The molecule has 0 N–H and O–H groups in total. The first-order valence-electron chi connectivity index (χ1n) is 5.63. The maximum absolute atomic E-state index is 11.6. The lowest BCUT2D eigenvalue weighted by Gasteiger charge is -1.98. The van der Waals surface area contributed by atoms with E-state index in [-0.39, 0.29) is 12.2 Å². The molecule has 0 aliphatic rings. The second kappa shape index (κ2) is 6.00. The number of fused-ring (bicyclic) bond motifs is 1. The molecule has 0 radical (unpaired) electrons. The average molecular weight is 336 g/mol. The van der Waals surface area contributed by atoms with Crippen LogP contribution in [0.1, 0.15) is 11.8 Å². The van der Waals surface area contributed by atoms with E-state index >= 15 is 0 Å². The minimum atomic E-state index is -0.589. The van der Waals surface area contributed by atoms with Gasteiger partial charge in [0.1, 0.15) is 11.6 Å². The molecule has 96 valence electrons. The molecule has 0 amide bonds. The molecule has 0 saturated carbocycles. The second-order valence-electron chi connectivity index (χ2n) is 3.67. The van der Waals surface area contributed by atoms with Gasteiger partial charge in [-0.2, -0.15) is 5.26 Å². The van der Waals surface area contributed by atoms with Crippen LogP contribution in [0.2, 0.25) is 0 Å². The van der Waals surface area contributed by atoms with Gasteiger partial charge < -0.3 is 4.74 Å². The Kier molecular flexibility index (Phi) is 4.35. The zero-order valence-corrected chi connectivity index (χ0v) is 12.5. The van der Waals surface area contributed by atoms with Gasteiger partial charge in [-0.1, -0.05) is 18.2 Å². The lowest BCUT2D eigenvalue weighted by Crippen LogP contribution is -2.05. The Morgan fingerprint density at radius 3 is 2.89 bits per heavy atom. The molecule has 19 heavy (non-hydrogen) atoms. The van der Waals surface area contributed by atoms with Crippen molar-refractivity contribution in [3.63, 3.8) is 0 Å². The number of carbonyl (C=O) groups is 1. The summed E-state index contributed by atoms with van der Waals surface area (Å²) >= 11 is 5.02. The summed E-state index contributed by atoms with van der Waals surface area (Å²) in [7, 11) is 0. The van der Waals surface area contributed by atoms with Crippen molar-refractivity contribution in [2.24, 2.45) is 0 Å². The van der Waals surface area contributed by atoms with Crippen molar-refractivity contribution >= 4 is 49.4 Å². The lowest BCUT2D eigenvalue weighted by molar-refractivity contribution is -0.137. The molecule has 0 aliphatic heterocycles. The summed E-state index contributed by atoms with van der Waals surface area (Å²) in [5.74, 6) is -0.589. The topological polar surface area (TPSA) is 50.1 Å². The standard InChI is InChI=1S/C14H10BrNO2S/c1-2-18-14(17)9(8-16)7-12-13(15)10-5-3-4-6-11(10)19-12/h3-7H,2H2,1H3/b9-7+. The molecule has 0 fully saturated rings.